The maximum Gasteiger partial charge on any atom is 0.181 e. The normalized spacial score (nSPS) is 14.3. The Labute approximate surface area is 191 Å². The van der Waals surface area contributed by atoms with Crippen LogP contribution in [0.4, 0.5) is 19.6 Å². The van der Waals surface area contributed by atoms with Crippen LogP contribution in [0.15, 0.2) is 18.2 Å². The number of aromatic nitrogens is 2. The third-order valence-electron chi connectivity index (χ3n) is 5.65. The first-order valence-corrected chi connectivity index (χ1v) is 11.1. The molecule has 1 aliphatic heterocycles. The van der Waals surface area contributed by atoms with Crippen molar-refractivity contribution >= 4 is 54.9 Å². The van der Waals surface area contributed by atoms with Gasteiger partial charge in [0, 0.05) is 42.7 Å². The number of hydrogen-bond acceptors (Lipinski definition) is 7. The summed E-state index contributed by atoms with van der Waals surface area (Å²) in [6.45, 7) is 4.53. The van der Waals surface area contributed by atoms with Gasteiger partial charge in [-0.2, -0.15) is 5.26 Å². The van der Waals surface area contributed by atoms with E-state index < -0.39 is 11.6 Å². The number of nitrogens with one attached hydrogen (secondary N) is 1. The molecule has 32 heavy (non-hydrogen) atoms. The molecule has 2 aromatic heterocycles. The fourth-order valence-electron chi connectivity index (χ4n) is 4.22. The summed E-state index contributed by atoms with van der Waals surface area (Å²) < 4.78 is 30.5. The fraction of sp³-hybridized carbons (Fsp3) is 0.227. The van der Waals surface area contributed by atoms with E-state index in [4.69, 9.17) is 17.3 Å². The Balaban J connectivity index is 1.84. The minimum absolute atomic E-state index is 0.0809. The largest absolute Gasteiger partial charge is 0.375 e. The van der Waals surface area contributed by atoms with Crippen LogP contribution < -0.4 is 16.0 Å². The van der Waals surface area contributed by atoms with Crippen molar-refractivity contribution in [3.05, 3.63) is 46.1 Å². The molecule has 1 aliphatic rings. The maximum atomic E-state index is 16.0. The molecule has 0 radical (unpaired) electrons. The topological polar surface area (TPSA) is 90.9 Å². The molecule has 0 unspecified atom stereocenters. The van der Waals surface area contributed by atoms with Crippen molar-refractivity contribution < 1.29 is 8.78 Å². The minimum Gasteiger partial charge on any atom is -0.375 e. The Morgan fingerprint density at radius 1 is 1.22 bits per heavy atom. The lowest BCUT2D eigenvalue weighted by atomic mass is 9.98. The van der Waals surface area contributed by atoms with Gasteiger partial charge in [-0.25, -0.2) is 18.7 Å². The molecule has 1 saturated heterocycles. The van der Waals surface area contributed by atoms with Crippen LogP contribution in [-0.4, -0.2) is 36.1 Å². The van der Waals surface area contributed by atoms with Gasteiger partial charge in [0.05, 0.1) is 32.2 Å². The lowest BCUT2D eigenvalue weighted by Gasteiger charge is -2.31. The molecule has 2 aromatic carbocycles. The van der Waals surface area contributed by atoms with E-state index in [-0.39, 0.29) is 31.5 Å². The van der Waals surface area contributed by atoms with E-state index in [9.17, 15) is 9.65 Å². The van der Waals surface area contributed by atoms with Crippen LogP contribution in [0.3, 0.4) is 0 Å². The van der Waals surface area contributed by atoms with Gasteiger partial charge in [0.2, 0.25) is 0 Å². The summed E-state index contributed by atoms with van der Waals surface area (Å²) in [5.74, 6) is -1.13. The number of piperazine rings is 1. The van der Waals surface area contributed by atoms with E-state index in [2.05, 4.69) is 26.3 Å². The minimum atomic E-state index is -0.643. The molecule has 0 amide bonds. The number of pyridine rings is 1. The molecular formula is C22H17ClF2N6S. The number of anilines is 2. The molecule has 6 nitrogen and oxygen atoms in total. The second kappa shape index (κ2) is 7.81. The molecule has 1 fully saturated rings. The van der Waals surface area contributed by atoms with Crippen molar-refractivity contribution in [3.63, 3.8) is 0 Å². The van der Waals surface area contributed by atoms with Crippen molar-refractivity contribution in [1.29, 1.82) is 5.26 Å². The fourth-order valence-corrected chi connectivity index (χ4v) is 5.28. The number of halogens is 3. The SMILES string of the molecule is Cc1nc2c(F)c(-c3ccc(F)c4sc(N)nc34)c(Cl)cc2c(N2CCNCC2)c1C#N. The van der Waals surface area contributed by atoms with Gasteiger partial charge in [-0.05, 0) is 25.1 Å². The lowest BCUT2D eigenvalue weighted by Crippen LogP contribution is -2.44. The summed E-state index contributed by atoms with van der Waals surface area (Å²) in [6.07, 6.45) is 0. The van der Waals surface area contributed by atoms with E-state index in [1.807, 2.05) is 0 Å². The summed E-state index contributed by atoms with van der Waals surface area (Å²) in [7, 11) is 0. The number of hydrogen-bond donors (Lipinski definition) is 2. The monoisotopic (exact) mass is 470 g/mol. The second-order valence-electron chi connectivity index (χ2n) is 7.54. The second-order valence-corrected chi connectivity index (χ2v) is 8.98. The van der Waals surface area contributed by atoms with E-state index >= 15 is 4.39 Å². The standard InChI is InChI=1S/C22H17ClF2N6S/c1-10-13(9-26)20(31-6-4-28-5-7-31)12-8-14(23)16(17(25)18(12)29-10)11-2-3-15(24)21-19(11)30-22(27)32-21/h2-3,8,28H,4-7H2,1H3,(H2,27,30). The van der Waals surface area contributed by atoms with E-state index in [1.54, 1.807) is 13.0 Å². The predicted octanol–water partition coefficient (Wildman–Crippen LogP) is 4.62. The summed E-state index contributed by atoms with van der Waals surface area (Å²) >= 11 is 7.60. The maximum absolute atomic E-state index is 16.0. The smallest absolute Gasteiger partial charge is 0.181 e. The summed E-state index contributed by atoms with van der Waals surface area (Å²) in [4.78, 5) is 10.7. The van der Waals surface area contributed by atoms with E-state index in [1.165, 1.54) is 12.1 Å². The van der Waals surface area contributed by atoms with Gasteiger partial charge in [-0.3, -0.25) is 0 Å². The van der Waals surface area contributed by atoms with Crippen LogP contribution in [0.5, 0.6) is 0 Å². The number of nitrogens with zero attached hydrogens (tertiary/aromatic N) is 4. The highest BCUT2D eigenvalue weighted by Gasteiger charge is 2.26. The zero-order chi connectivity index (χ0) is 22.6. The Hall–Kier alpha value is -3.06. The van der Waals surface area contributed by atoms with Gasteiger partial charge >= 0.3 is 0 Å². The molecule has 0 bridgehead atoms. The number of nitrogens with two attached hydrogens (primary N) is 1. The number of nitriles is 1. The summed E-state index contributed by atoms with van der Waals surface area (Å²) in [6, 6.07) is 6.54. The summed E-state index contributed by atoms with van der Waals surface area (Å²) in [5.41, 5.74) is 8.03. The first-order valence-electron chi connectivity index (χ1n) is 9.93. The molecule has 3 heterocycles. The number of fused-ring (bicyclic) bond motifs is 2. The zero-order valence-electron chi connectivity index (χ0n) is 17.0. The molecule has 0 saturated carbocycles. The van der Waals surface area contributed by atoms with Gasteiger partial charge in [-0.1, -0.05) is 22.9 Å². The van der Waals surface area contributed by atoms with Gasteiger partial charge in [-0.15, -0.1) is 0 Å². The molecule has 10 heteroatoms. The van der Waals surface area contributed by atoms with Gasteiger partial charge in [0.1, 0.15) is 17.4 Å². The van der Waals surface area contributed by atoms with Crippen molar-refractivity contribution in [1.82, 2.24) is 15.3 Å². The molecule has 162 valence electrons. The van der Waals surface area contributed by atoms with Crippen molar-refractivity contribution in [2.45, 2.75) is 6.92 Å². The molecule has 4 aromatic rings. The highest BCUT2D eigenvalue weighted by Crippen LogP contribution is 2.43. The van der Waals surface area contributed by atoms with Crippen LogP contribution in [0.2, 0.25) is 5.02 Å². The zero-order valence-corrected chi connectivity index (χ0v) is 18.5. The Kier molecular flexibility index (Phi) is 5.08. The highest BCUT2D eigenvalue weighted by molar-refractivity contribution is 7.22. The number of aryl methyl sites for hydroxylation is 1. The van der Waals surface area contributed by atoms with Crippen LogP contribution in [0.1, 0.15) is 11.3 Å². The molecule has 0 aliphatic carbocycles. The summed E-state index contributed by atoms with van der Waals surface area (Å²) in [5, 5.41) is 13.8. The third kappa shape index (κ3) is 3.14. The van der Waals surface area contributed by atoms with Crippen molar-refractivity contribution in [2.24, 2.45) is 0 Å². The van der Waals surface area contributed by atoms with E-state index in [0.717, 1.165) is 24.4 Å². The van der Waals surface area contributed by atoms with Crippen molar-refractivity contribution in [3.8, 4) is 17.2 Å². The molecule has 0 spiro atoms. The highest BCUT2D eigenvalue weighted by atomic mass is 35.5. The number of benzene rings is 2. The Bertz CT molecular complexity index is 1440. The molecule has 3 N–H and O–H groups in total. The van der Waals surface area contributed by atoms with Crippen LogP contribution in [0.25, 0.3) is 32.2 Å². The van der Waals surface area contributed by atoms with Gasteiger partial charge < -0.3 is 16.0 Å². The van der Waals surface area contributed by atoms with E-state index in [0.29, 0.717) is 41.0 Å². The van der Waals surface area contributed by atoms with Crippen LogP contribution in [0, 0.1) is 29.9 Å². The van der Waals surface area contributed by atoms with Gasteiger partial charge in [0.15, 0.2) is 10.9 Å². The first-order chi connectivity index (χ1) is 15.4. The average molecular weight is 471 g/mol. The Morgan fingerprint density at radius 2 is 1.97 bits per heavy atom. The average Bonchev–Trinajstić information content (AvgIpc) is 3.18. The lowest BCUT2D eigenvalue weighted by molar-refractivity contribution is 0.589. The van der Waals surface area contributed by atoms with Crippen LogP contribution >= 0.6 is 22.9 Å². The first kappa shape index (κ1) is 20.8. The third-order valence-corrected chi connectivity index (χ3v) is 6.84. The van der Waals surface area contributed by atoms with Crippen molar-refractivity contribution in [2.75, 3.05) is 36.8 Å². The Morgan fingerprint density at radius 3 is 2.69 bits per heavy atom. The van der Waals surface area contributed by atoms with Gasteiger partial charge in [0.25, 0.3) is 0 Å². The number of thiazole rings is 1. The number of rotatable bonds is 2. The predicted molar refractivity (Wildman–Crippen MR) is 124 cm³/mol. The quantitative estimate of drug-likeness (QED) is 0.444. The molecular weight excluding hydrogens is 454 g/mol. The van der Waals surface area contributed by atoms with Crippen LogP contribution in [-0.2, 0) is 0 Å². The number of nitrogen functional groups attached to an aromatic ring is 1. The molecule has 0 atom stereocenters. The molecule has 5 rings (SSSR count).